The van der Waals surface area contributed by atoms with Gasteiger partial charge in [0.15, 0.2) is 0 Å². The molecule has 0 saturated heterocycles. The standard InChI is InChI=1S/C24H22N2O3S/c1-2-18-13-15-21(16-14-18)30(27,28)24-23(25-17-19-9-5-3-6-10-19)29-22(26-24)20-11-7-4-8-12-20/h3-16,25H,2,17H2,1H3. The Labute approximate surface area is 176 Å². The number of anilines is 1. The van der Waals surface area contributed by atoms with Crippen molar-refractivity contribution < 1.29 is 12.8 Å². The van der Waals surface area contributed by atoms with Crippen molar-refractivity contribution in [2.75, 3.05) is 5.32 Å². The van der Waals surface area contributed by atoms with E-state index in [-0.39, 0.29) is 21.7 Å². The highest BCUT2D eigenvalue weighted by Crippen LogP contribution is 2.32. The summed E-state index contributed by atoms with van der Waals surface area (Å²) in [5, 5.41) is 3.00. The van der Waals surface area contributed by atoms with E-state index in [1.807, 2.05) is 79.7 Å². The first kappa shape index (κ1) is 19.9. The van der Waals surface area contributed by atoms with Gasteiger partial charge in [-0.2, -0.15) is 4.98 Å². The van der Waals surface area contributed by atoms with E-state index >= 15 is 0 Å². The first-order chi connectivity index (χ1) is 14.6. The average Bonchev–Trinajstić information content (AvgIpc) is 3.24. The number of aryl methyl sites for hydroxylation is 1. The molecule has 0 saturated carbocycles. The fraction of sp³-hybridized carbons (Fsp3) is 0.125. The molecule has 0 aliphatic heterocycles. The Hall–Kier alpha value is -3.38. The second kappa shape index (κ2) is 8.55. The van der Waals surface area contributed by atoms with Gasteiger partial charge in [0, 0.05) is 12.1 Å². The van der Waals surface area contributed by atoms with E-state index in [0.717, 1.165) is 17.5 Å². The molecule has 6 heteroatoms. The molecule has 1 aromatic heterocycles. The summed E-state index contributed by atoms with van der Waals surface area (Å²) in [6.07, 6.45) is 0.840. The molecule has 152 valence electrons. The molecule has 0 radical (unpaired) electrons. The number of rotatable bonds is 7. The van der Waals surface area contributed by atoms with Gasteiger partial charge in [-0.3, -0.25) is 0 Å². The minimum Gasteiger partial charge on any atom is -0.419 e. The van der Waals surface area contributed by atoms with Gasteiger partial charge < -0.3 is 9.73 Å². The van der Waals surface area contributed by atoms with E-state index in [4.69, 9.17) is 4.42 Å². The molecule has 0 unspecified atom stereocenters. The molecule has 1 heterocycles. The van der Waals surface area contributed by atoms with Crippen LogP contribution in [-0.4, -0.2) is 13.4 Å². The van der Waals surface area contributed by atoms with Gasteiger partial charge in [0.05, 0.1) is 4.90 Å². The molecule has 5 nitrogen and oxygen atoms in total. The Balaban J connectivity index is 1.74. The zero-order chi connectivity index (χ0) is 21.0. The Kier molecular flexibility index (Phi) is 5.68. The van der Waals surface area contributed by atoms with Gasteiger partial charge in [-0.15, -0.1) is 0 Å². The van der Waals surface area contributed by atoms with Crippen LogP contribution in [-0.2, 0) is 22.8 Å². The van der Waals surface area contributed by atoms with Gasteiger partial charge in [0.25, 0.3) is 0 Å². The van der Waals surface area contributed by atoms with Crippen molar-refractivity contribution in [1.29, 1.82) is 0 Å². The highest BCUT2D eigenvalue weighted by atomic mass is 32.2. The third-order valence-corrected chi connectivity index (χ3v) is 6.49. The summed E-state index contributed by atoms with van der Waals surface area (Å²) < 4.78 is 32.6. The molecule has 0 fully saturated rings. The zero-order valence-electron chi connectivity index (χ0n) is 16.6. The monoisotopic (exact) mass is 418 g/mol. The maximum atomic E-state index is 13.3. The van der Waals surface area contributed by atoms with Crippen molar-refractivity contribution in [2.24, 2.45) is 0 Å². The van der Waals surface area contributed by atoms with Crippen LogP contribution in [0.4, 0.5) is 5.88 Å². The molecule has 0 amide bonds. The maximum absolute atomic E-state index is 13.3. The summed E-state index contributed by atoms with van der Waals surface area (Å²) in [5.74, 6) is 0.396. The summed E-state index contributed by atoms with van der Waals surface area (Å²) in [6.45, 7) is 2.44. The fourth-order valence-electron chi connectivity index (χ4n) is 3.10. The first-order valence-corrected chi connectivity index (χ1v) is 11.2. The van der Waals surface area contributed by atoms with E-state index in [1.165, 1.54) is 0 Å². The van der Waals surface area contributed by atoms with Crippen molar-refractivity contribution >= 4 is 15.7 Å². The molecule has 3 aromatic carbocycles. The van der Waals surface area contributed by atoms with E-state index in [2.05, 4.69) is 10.3 Å². The van der Waals surface area contributed by atoms with Crippen LogP contribution < -0.4 is 5.32 Å². The predicted octanol–water partition coefficient (Wildman–Crippen LogP) is 5.35. The third kappa shape index (κ3) is 4.14. The number of sulfone groups is 1. The van der Waals surface area contributed by atoms with E-state index in [0.29, 0.717) is 12.1 Å². The van der Waals surface area contributed by atoms with Crippen LogP contribution in [0.25, 0.3) is 11.5 Å². The molecule has 0 aliphatic rings. The van der Waals surface area contributed by atoms with Gasteiger partial charge in [0.1, 0.15) is 0 Å². The Morgan fingerprint density at radius 2 is 1.47 bits per heavy atom. The van der Waals surface area contributed by atoms with Crippen LogP contribution in [0.2, 0.25) is 0 Å². The molecule has 0 aliphatic carbocycles. The van der Waals surface area contributed by atoms with Crippen molar-refractivity contribution in [3.63, 3.8) is 0 Å². The second-order valence-electron chi connectivity index (χ2n) is 6.86. The average molecular weight is 419 g/mol. The summed E-state index contributed by atoms with van der Waals surface area (Å²) >= 11 is 0. The van der Waals surface area contributed by atoms with Gasteiger partial charge in [-0.25, -0.2) is 8.42 Å². The largest absolute Gasteiger partial charge is 0.419 e. The minimum absolute atomic E-state index is 0.110. The number of nitrogens with one attached hydrogen (secondary N) is 1. The molecule has 0 spiro atoms. The lowest BCUT2D eigenvalue weighted by molar-refractivity contribution is 0.576. The number of aromatic nitrogens is 1. The Bertz CT molecular complexity index is 1220. The molecule has 1 N–H and O–H groups in total. The molecule has 0 bridgehead atoms. The molecule has 4 rings (SSSR count). The molecule has 30 heavy (non-hydrogen) atoms. The van der Waals surface area contributed by atoms with Gasteiger partial charge in [-0.1, -0.05) is 67.6 Å². The lowest BCUT2D eigenvalue weighted by Gasteiger charge is -2.07. The van der Waals surface area contributed by atoms with Gasteiger partial charge in [0.2, 0.25) is 26.6 Å². The van der Waals surface area contributed by atoms with Crippen molar-refractivity contribution in [3.05, 3.63) is 96.1 Å². The highest BCUT2D eigenvalue weighted by Gasteiger charge is 2.28. The van der Waals surface area contributed by atoms with Crippen LogP contribution in [0.15, 0.2) is 99.3 Å². The van der Waals surface area contributed by atoms with Crippen LogP contribution in [0.5, 0.6) is 0 Å². The van der Waals surface area contributed by atoms with Crippen LogP contribution in [0.1, 0.15) is 18.1 Å². The van der Waals surface area contributed by atoms with Crippen LogP contribution in [0.3, 0.4) is 0 Å². The highest BCUT2D eigenvalue weighted by molar-refractivity contribution is 7.91. The number of nitrogens with zero attached hydrogens (tertiary/aromatic N) is 1. The quantitative estimate of drug-likeness (QED) is 0.438. The number of hydrogen-bond acceptors (Lipinski definition) is 5. The Morgan fingerprint density at radius 3 is 2.10 bits per heavy atom. The van der Waals surface area contributed by atoms with E-state index in [9.17, 15) is 8.42 Å². The van der Waals surface area contributed by atoms with E-state index < -0.39 is 9.84 Å². The Morgan fingerprint density at radius 1 is 0.833 bits per heavy atom. The molecule has 4 aromatic rings. The summed E-state index contributed by atoms with van der Waals surface area (Å²) in [4.78, 5) is 4.56. The lowest BCUT2D eigenvalue weighted by atomic mass is 10.2. The van der Waals surface area contributed by atoms with Crippen LogP contribution in [0, 0.1) is 0 Å². The minimum atomic E-state index is -3.85. The number of oxazole rings is 1. The molecule has 0 atom stereocenters. The van der Waals surface area contributed by atoms with Crippen molar-refractivity contribution in [2.45, 2.75) is 29.8 Å². The number of hydrogen-bond donors (Lipinski definition) is 1. The summed E-state index contributed by atoms with van der Waals surface area (Å²) in [5.41, 5.74) is 2.79. The second-order valence-corrected chi connectivity index (χ2v) is 8.72. The van der Waals surface area contributed by atoms with Gasteiger partial charge in [-0.05, 0) is 41.8 Å². The topological polar surface area (TPSA) is 72.2 Å². The summed E-state index contributed by atoms with van der Waals surface area (Å²) in [7, 11) is -3.85. The fourth-order valence-corrected chi connectivity index (χ4v) is 4.38. The van der Waals surface area contributed by atoms with E-state index in [1.54, 1.807) is 12.1 Å². The van der Waals surface area contributed by atoms with Gasteiger partial charge >= 0.3 is 0 Å². The SMILES string of the molecule is CCc1ccc(S(=O)(=O)c2nc(-c3ccccc3)oc2NCc2ccccc2)cc1. The normalized spacial score (nSPS) is 11.4. The number of benzene rings is 3. The van der Waals surface area contributed by atoms with Crippen molar-refractivity contribution in [3.8, 4) is 11.5 Å². The molecular formula is C24H22N2O3S. The predicted molar refractivity (Wildman–Crippen MR) is 117 cm³/mol. The van der Waals surface area contributed by atoms with Crippen LogP contribution >= 0.6 is 0 Å². The zero-order valence-corrected chi connectivity index (χ0v) is 17.4. The third-order valence-electron chi connectivity index (χ3n) is 4.81. The molecular weight excluding hydrogens is 396 g/mol. The smallest absolute Gasteiger partial charge is 0.234 e. The van der Waals surface area contributed by atoms with Crippen molar-refractivity contribution in [1.82, 2.24) is 4.98 Å². The lowest BCUT2D eigenvalue weighted by Crippen LogP contribution is -2.07. The maximum Gasteiger partial charge on any atom is 0.234 e. The summed E-state index contributed by atoms with van der Waals surface area (Å²) in [6, 6.07) is 25.8. The first-order valence-electron chi connectivity index (χ1n) is 9.76.